The van der Waals surface area contributed by atoms with Crippen molar-refractivity contribution in [3.63, 3.8) is 0 Å². The molecule has 0 unspecified atom stereocenters. The van der Waals surface area contributed by atoms with Crippen LogP contribution in [0.1, 0.15) is 29.8 Å². The average molecular weight is 271 g/mol. The van der Waals surface area contributed by atoms with Crippen LogP contribution in [-0.2, 0) is 4.79 Å². The van der Waals surface area contributed by atoms with Crippen LogP contribution in [0.4, 0.5) is 0 Å². The van der Waals surface area contributed by atoms with Crippen molar-refractivity contribution in [3.05, 3.63) is 35.4 Å². The Hall–Kier alpha value is -2.19. The number of hydrogen-bond acceptors (Lipinski definition) is 4. The third kappa shape index (κ3) is 2.70. The molecule has 0 aliphatic carbocycles. The number of nitriles is 1. The standard InChI is InChI=1S/C15H17N3O2/c1-15(2)14(20)17-7-8-18(15)10-13(19)12-5-3-11(9-16)4-6-12/h3-6H,7-8,10H2,1-2H3,(H,17,20). The van der Waals surface area contributed by atoms with E-state index in [2.05, 4.69) is 5.32 Å². The van der Waals surface area contributed by atoms with Crippen LogP contribution in [0.5, 0.6) is 0 Å². The van der Waals surface area contributed by atoms with Crippen molar-refractivity contribution in [2.45, 2.75) is 19.4 Å². The van der Waals surface area contributed by atoms with E-state index in [0.717, 1.165) is 0 Å². The molecule has 0 atom stereocenters. The molecule has 5 heteroatoms. The second-order valence-corrected chi connectivity index (χ2v) is 5.35. The Morgan fingerprint density at radius 3 is 2.65 bits per heavy atom. The van der Waals surface area contributed by atoms with E-state index in [0.29, 0.717) is 24.2 Å². The number of piperazine rings is 1. The normalized spacial score (nSPS) is 18.1. The number of nitrogens with zero attached hydrogens (tertiary/aromatic N) is 2. The number of amides is 1. The Morgan fingerprint density at radius 2 is 2.05 bits per heavy atom. The van der Waals surface area contributed by atoms with Crippen molar-refractivity contribution in [2.75, 3.05) is 19.6 Å². The molecule has 1 amide bonds. The van der Waals surface area contributed by atoms with E-state index in [9.17, 15) is 9.59 Å². The highest BCUT2D eigenvalue weighted by atomic mass is 16.2. The van der Waals surface area contributed by atoms with Crippen LogP contribution in [-0.4, -0.2) is 41.8 Å². The maximum Gasteiger partial charge on any atom is 0.240 e. The highest BCUT2D eigenvalue weighted by Crippen LogP contribution is 2.18. The predicted molar refractivity (Wildman–Crippen MR) is 74.1 cm³/mol. The predicted octanol–water partition coefficient (Wildman–Crippen LogP) is 0.951. The van der Waals surface area contributed by atoms with Gasteiger partial charge in [0.25, 0.3) is 0 Å². The maximum atomic E-state index is 12.3. The summed E-state index contributed by atoms with van der Waals surface area (Å²) >= 11 is 0. The molecule has 0 aromatic heterocycles. The number of hydrogen-bond donors (Lipinski definition) is 1. The van der Waals surface area contributed by atoms with Crippen LogP contribution in [0.25, 0.3) is 0 Å². The van der Waals surface area contributed by atoms with E-state index in [4.69, 9.17) is 5.26 Å². The van der Waals surface area contributed by atoms with Crippen LogP contribution < -0.4 is 5.32 Å². The average Bonchev–Trinajstić information content (AvgIpc) is 2.44. The zero-order chi connectivity index (χ0) is 14.8. The van der Waals surface area contributed by atoms with E-state index in [1.165, 1.54) is 0 Å². The topological polar surface area (TPSA) is 73.2 Å². The van der Waals surface area contributed by atoms with Gasteiger partial charge in [-0.2, -0.15) is 5.26 Å². The van der Waals surface area contributed by atoms with Gasteiger partial charge in [-0.1, -0.05) is 12.1 Å². The number of nitrogens with one attached hydrogen (secondary N) is 1. The van der Waals surface area contributed by atoms with Crippen LogP contribution >= 0.6 is 0 Å². The maximum absolute atomic E-state index is 12.3. The Kier molecular flexibility index (Phi) is 3.86. The smallest absolute Gasteiger partial charge is 0.240 e. The number of rotatable bonds is 3. The fourth-order valence-corrected chi connectivity index (χ4v) is 2.22. The lowest BCUT2D eigenvalue weighted by Crippen LogP contribution is -2.62. The molecule has 2 rings (SSSR count). The molecule has 1 aliphatic heterocycles. The van der Waals surface area contributed by atoms with Crippen molar-refractivity contribution in [1.29, 1.82) is 5.26 Å². The molecule has 5 nitrogen and oxygen atoms in total. The van der Waals surface area contributed by atoms with Crippen molar-refractivity contribution in [2.24, 2.45) is 0 Å². The van der Waals surface area contributed by atoms with E-state index in [1.54, 1.807) is 24.3 Å². The van der Waals surface area contributed by atoms with Crippen LogP contribution in [0.3, 0.4) is 0 Å². The van der Waals surface area contributed by atoms with Gasteiger partial charge in [-0.25, -0.2) is 0 Å². The lowest BCUT2D eigenvalue weighted by atomic mass is 9.97. The van der Waals surface area contributed by atoms with E-state index in [1.807, 2.05) is 24.8 Å². The van der Waals surface area contributed by atoms with Crippen molar-refractivity contribution < 1.29 is 9.59 Å². The largest absolute Gasteiger partial charge is 0.353 e. The lowest BCUT2D eigenvalue weighted by Gasteiger charge is -2.40. The molecule has 1 N–H and O–H groups in total. The molecule has 0 saturated carbocycles. The van der Waals surface area contributed by atoms with E-state index in [-0.39, 0.29) is 18.2 Å². The van der Waals surface area contributed by atoms with Gasteiger partial charge < -0.3 is 5.32 Å². The van der Waals surface area contributed by atoms with Gasteiger partial charge in [0, 0.05) is 18.7 Å². The molecular formula is C15H17N3O2. The van der Waals surface area contributed by atoms with Crippen molar-refractivity contribution >= 4 is 11.7 Å². The third-order valence-corrected chi connectivity index (χ3v) is 3.68. The first-order valence-electron chi connectivity index (χ1n) is 6.52. The first-order valence-corrected chi connectivity index (χ1v) is 6.52. The molecule has 1 aliphatic rings. The minimum Gasteiger partial charge on any atom is -0.353 e. The number of Topliss-reactive ketones (excluding diaryl/α,β-unsaturated/α-hetero) is 1. The molecular weight excluding hydrogens is 254 g/mol. The third-order valence-electron chi connectivity index (χ3n) is 3.68. The van der Waals surface area contributed by atoms with Gasteiger partial charge in [-0.05, 0) is 26.0 Å². The van der Waals surface area contributed by atoms with Crippen LogP contribution in [0.2, 0.25) is 0 Å². The molecule has 0 radical (unpaired) electrons. The molecule has 1 heterocycles. The van der Waals surface area contributed by atoms with Crippen molar-refractivity contribution in [1.82, 2.24) is 10.2 Å². The monoisotopic (exact) mass is 271 g/mol. The molecule has 1 aromatic rings. The van der Waals surface area contributed by atoms with Gasteiger partial charge in [0.15, 0.2) is 5.78 Å². The highest BCUT2D eigenvalue weighted by Gasteiger charge is 2.38. The summed E-state index contributed by atoms with van der Waals surface area (Å²) in [6.45, 7) is 5.04. The Bertz CT molecular complexity index is 570. The van der Waals surface area contributed by atoms with Gasteiger partial charge in [0.2, 0.25) is 5.91 Å². The summed E-state index contributed by atoms with van der Waals surface area (Å²) < 4.78 is 0. The number of ketones is 1. The lowest BCUT2D eigenvalue weighted by molar-refractivity contribution is -0.134. The van der Waals surface area contributed by atoms with E-state index < -0.39 is 5.54 Å². The molecule has 1 saturated heterocycles. The SMILES string of the molecule is CC1(C)C(=O)NCCN1CC(=O)c1ccc(C#N)cc1. The number of carbonyl (C=O) groups is 2. The second-order valence-electron chi connectivity index (χ2n) is 5.35. The first kappa shape index (κ1) is 14.2. The highest BCUT2D eigenvalue weighted by molar-refractivity contribution is 5.98. The summed E-state index contributed by atoms with van der Waals surface area (Å²) in [4.78, 5) is 26.0. The van der Waals surface area contributed by atoms with E-state index >= 15 is 0 Å². The quantitative estimate of drug-likeness (QED) is 0.831. The van der Waals surface area contributed by atoms with Crippen LogP contribution in [0, 0.1) is 11.3 Å². The van der Waals surface area contributed by atoms with Crippen LogP contribution in [0.15, 0.2) is 24.3 Å². The zero-order valence-corrected chi connectivity index (χ0v) is 11.6. The van der Waals surface area contributed by atoms with Gasteiger partial charge >= 0.3 is 0 Å². The number of carbonyl (C=O) groups excluding carboxylic acids is 2. The Balaban J connectivity index is 2.10. The summed E-state index contributed by atoms with van der Waals surface area (Å²) in [5.74, 6) is -0.103. The molecule has 0 bridgehead atoms. The fourth-order valence-electron chi connectivity index (χ4n) is 2.22. The summed E-state index contributed by atoms with van der Waals surface area (Å²) in [5.41, 5.74) is 0.408. The fraction of sp³-hybridized carbons (Fsp3) is 0.400. The Morgan fingerprint density at radius 1 is 1.40 bits per heavy atom. The Labute approximate surface area is 118 Å². The minimum absolute atomic E-state index is 0.0442. The van der Waals surface area contributed by atoms with Gasteiger partial charge in [-0.3, -0.25) is 14.5 Å². The molecule has 1 fully saturated rings. The summed E-state index contributed by atoms with van der Waals surface area (Å²) in [5, 5.41) is 11.5. The molecule has 20 heavy (non-hydrogen) atoms. The minimum atomic E-state index is -0.680. The van der Waals surface area contributed by atoms with Gasteiger partial charge in [-0.15, -0.1) is 0 Å². The number of benzene rings is 1. The second kappa shape index (κ2) is 5.43. The summed E-state index contributed by atoms with van der Waals surface area (Å²) in [6, 6.07) is 8.57. The molecule has 0 spiro atoms. The summed E-state index contributed by atoms with van der Waals surface area (Å²) in [6.07, 6.45) is 0. The van der Waals surface area contributed by atoms with Gasteiger partial charge in [0.05, 0.1) is 23.7 Å². The zero-order valence-electron chi connectivity index (χ0n) is 11.6. The van der Waals surface area contributed by atoms with Crippen molar-refractivity contribution in [3.8, 4) is 6.07 Å². The molecule has 1 aromatic carbocycles. The molecule has 104 valence electrons. The van der Waals surface area contributed by atoms with Gasteiger partial charge in [0.1, 0.15) is 0 Å². The summed E-state index contributed by atoms with van der Waals surface area (Å²) in [7, 11) is 0. The first-order chi connectivity index (χ1) is 9.45.